The molecule has 27 heavy (non-hydrogen) atoms. The number of hydrogen-bond acceptors (Lipinski definition) is 4. The summed E-state index contributed by atoms with van der Waals surface area (Å²) in [6, 6.07) is 11.7. The Bertz CT molecular complexity index is 859. The molecule has 0 fully saturated rings. The second-order valence-corrected chi connectivity index (χ2v) is 6.60. The van der Waals surface area contributed by atoms with Crippen LogP contribution in [0.25, 0.3) is 5.57 Å². The highest BCUT2D eigenvalue weighted by Crippen LogP contribution is 2.30. The molecular weight excluding hydrogens is 340 g/mol. The summed E-state index contributed by atoms with van der Waals surface area (Å²) >= 11 is 0. The predicted molar refractivity (Wildman–Crippen MR) is 104 cm³/mol. The molecule has 5 nitrogen and oxygen atoms in total. The van der Waals surface area contributed by atoms with E-state index >= 15 is 0 Å². The molecule has 1 aromatic heterocycles. The molecule has 0 N–H and O–H groups in total. The highest BCUT2D eigenvalue weighted by Gasteiger charge is 2.28. The minimum absolute atomic E-state index is 0.0389. The number of rotatable bonds is 5. The van der Waals surface area contributed by atoms with E-state index in [1.54, 1.807) is 19.3 Å². The van der Waals surface area contributed by atoms with E-state index in [4.69, 9.17) is 4.74 Å². The Kier molecular flexibility index (Phi) is 6.01. The molecule has 1 aromatic carbocycles. The molecule has 0 bridgehead atoms. The minimum atomic E-state index is -0.282. The number of carbonyl (C=O) groups is 2. The topological polar surface area (TPSA) is 59.5 Å². The number of esters is 1. The van der Waals surface area contributed by atoms with Crippen molar-refractivity contribution in [3.8, 4) is 0 Å². The fourth-order valence-corrected chi connectivity index (χ4v) is 3.37. The molecule has 0 spiro atoms. The maximum atomic E-state index is 12.8. The van der Waals surface area contributed by atoms with E-state index in [2.05, 4.69) is 4.98 Å². The van der Waals surface area contributed by atoms with Crippen LogP contribution in [0.1, 0.15) is 30.0 Å². The second kappa shape index (κ2) is 8.62. The number of nitrogens with zero attached hydrogens (tertiary/aromatic N) is 2. The van der Waals surface area contributed by atoms with E-state index in [9.17, 15) is 9.59 Å². The maximum absolute atomic E-state index is 12.8. The molecule has 0 unspecified atom stereocenters. The van der Waals surface area contributed by atoms with Gasteiger partial charge >= 0.3 is 5.97 Å². The van der Waals surface area contributed by atoms with Gasteiger partial charge in [0.15, 0.2) is 0 Å². The van der Waals surface area contributed by atoms with Crippen molar-refractivity contribution < 1.29 is 14.3 Å². The van der Waals surface area contributed by atoms with Gasteiger partial charge in [-0.15, -0.1) is 0 Å². The Balaban J connectivity index is 1.88. The molecule has 1 aliphatic rings. The van der Waals surface area contributed by atoms with Crippen LogP contribution in [0.15, 0.2) is 54.4 Å². The monoisotopic (exact) mass is 364 g/mol. The molecule has 3 rings (SSSR count). The molecule has 0 radical (unpaired) electrons. The lowest BCUT2D eigenvalue weighted by molar-refractivity contribution is -0.139. The zero-order valence-corrected chi connectivity index (χ0v) is 15.8. The summed E-state index contributed by atoms with van der Waals surface area (Å²) in [6.45, 7) is 5.09. The third-order valence-electron chi connectivity index (χ3n) is 4.77. The Morgan fingerprint density at radius 3 is 2.70 bits per heavy atom. The Labute approximate surface area is 159 Å². The van der Waals surface area contributed by atoms with E-state index in [1.807, 2.05) is 48.2 Å². The number of aryl methyl sites for hydroxylation is 1. The zero-order chi connectivity index (χ0) is 19.2. The van der Waals surface area contributed by atoms with Crippen LogP contribution in [-0.2, 0) is 20.7 Å². The van der Waals surface area contributed by atoms with Crippen LogP contribution < -0.4 is 0 Å². The van der Waals surface area contributed by atoms with Gasteiger partial charge < -0.3 is 9.64 Å². The normalized spacial score (nSPS) is 14.2. The van der Waals surface area contributed by atoms with Crippen molar-refractivity contribution in [2.45, 2.75) is 26.7 Å². The zero-order valence-electron chi connectivity index (χ0n) is 15.8. The van der Waals surface area contributed by atoms with Crippen LogP contribution in [0.4, 0.5) is 0 Å². The lowest BCUT2D eigenvalue weighted by Gasteiger charge is -2.31. The van der Waals surface area contributed by atoms with Gasteiger partial charge in [0.2, 0.25) is 5.91 Å². The molecule has 2 aromatic rings. The van der Waals surface area contributed by atoms with E-state index in [0.717, 1.165) is 22.3 Å². The van der Waals surface area contributed by atoms with Crippen LogP contribution in [-0.4, -0.2) is 41.5 Å². The van der Waals surface area contributed by atoms with Gasteiger partial charge in [-0.05, 0) is 48.6 Å². The number of aromatic nitrogens is 1. The Morgan fingerprint density at radius 1 is 1.19 bits per heavy atom. The van der Waals surface area contributed by atoms with E-state index < -0.39 is 0 Å². The molecular formula is C22H24N2O3. The van der Waals surface area contributed by atoms with Gasteiger partial charge in [-0.3, -0.25) is 9.78 Å². The van der Waals surface area contributed by atoms with E-state index in [-0.39, 0.29) is 11.9 Å². The van der Waals surface area contributed by atoms with E-state index in [1.165, 1.54) is 0 Å². The van der Waals surface area contributed by atoms with Gasteiger partial charge in [0.1, 0.15) is 0 Å². The Morgan fingerprint density at radius 2 is 2.00 bits per heavy atom. The minimum Gasteiger partial charge on any atom is -0.463 e. The molecule has 0 saturated carbocycles. The van der Waals surface area contributed by atoms with Crippen molar-refractivity contribution in [3.63, 3.8) is 0 Å². The predicted octanol–water partition coefficient (Wildman–Crippen LogP) is 3.18. The van der Waals surface area contributed by atoms with Crippen molar-refractivity contribution >= 4 is 17.4 Å². The first-order valence-electron chi connectivity index (χ1n) is 9.22. The summed E-state index contributed by atoms with van der Waals surface area (Å²) in [5.74, 6) is -0.243. The van der Waals surface area contributed by atoms with Crippen molar-refractivity contribution in [2.24, 2.45) is 0 Å². The standard InChI is InChI=1S/C22H24N2O3/c1-3-27-22(26)19-10-12-24(21(25)13-17-8-6-11-23-14-17)15-20(19)18-9-5-4-7-16(18)2/h4-9,11,14H,3,10,12-13,15H2,1-2H3. The van der Waals surface area contributed by atoms with Crippen LogP contribution in [0.2, 0.25) is 0 Å². The number of benzene rings is 1. The average Bonchev–Trinajstić information content (AvgIpc) is 2.69. The van der Waals surface area contributed by atoms with Gasteiger partial charge in [0, 0.05) is 31.1 Å². The summed E-state index contributed by atoms with van der Waals surface area (Å²) in [7, 11) is 0. The first-order valence-corrected chi connectivity index (χ1v) is 9.22. The van der Waals surface area contributed by atoms with Crippen LogP contribution in [0.3, 0.4) is 0 Å². The van der Waals surface area contributed by atoms with Crippen LogP contribution in [0.5, 0.6) is 0 Å². The van der Waals surface area contributed by atoms with Crippen molar-refractivity contribution in [2.75, 3.05) is 19.7 Å². The summed E-state index contributed by atoms with van der Waals surface area (Å²) in [5.41, 5.74) is 4.53. The molecule has 0 atom stereocenters. The first-order chi connectivity index (χ1) is 13.1. The van der Waals surface area contributed by atoms with Crippen molar-refractivity contribution in [1.29, 1.82) is 0 Å². The highest BCUT2D eigenvalue weighted by molar-refractivity contribution is 5.99. The van der Waals surface area contributed by atoms with Gasteiger partial charge in [-0.25, -0.2) is 4.79 Å². The quantitative estimate of drug-likeness (QED) is 0.765. The van der Waals surface area contributed by atoms with Crippen molar-refractivity contribution in [1.82, 2.24) is 9.88 Å². The number of ether oxygens (including phenoxy) is 1. The Hall–Kier alpha value is -2.95. The molecule has 5 heteroatoms. The van der Waals surface area contributed by atoms with Gasteiger partial charge in [0.25, 0.3) is 0 Å². The highest BCUT2D eigenvalue weighted by atomic mass is 16.5. The van der Waals surface area contributed by atoms with Crippen LogP contribution in [0, 0.1) is 6.92 Å². The van der Waals surface area contributed by atoms with Crippen LogP contribution >= 0.6 is 0 Å². The van der Waals surface area contributed by atoms with Gasteiger partial charge in [-0.1, -0.05) is 30.3 Å². The smallest absolute Gasteiger partial charge is 0.334 e. The van der Waals surface area contributed by atoms with Gasteiger partial charge in [0.05, 0.1) is 13.0 Å². The first kappa shape index (κ1) is 18.8. The fourth-order valence-electron chi connectivity index (χ4n) is 3.37. The SMILES string of the molecule is CCOC(=O)C1=C(c2ccccc2C)CN(C(=O)Cc2cccnc2)CC1. The third kappa shape index (κ3) is 4.42. The fraction of sp³-hybridized carbons (Fsp3) is 0.318. The molecule has 140 valence electrons. The number of amides is 1. The lowest BCUT2D eigenvalue weighted by Crippen LogP contribution is -2.39. The second-order valence-electron chi connectivity index (χ2n) is 6.60. The molecule has 2 heterocycles. The number of pyridine rings is 1. The summed E-state index contributed by atoms with van der Waals surface area (Å²) in [5, 5.41) is 0. The lowest BCUT2D eigenvalue weighted by atomic mass is 9.91. The molecule has 1 amide bonds. The average molecular weight is 364 g/mol. The summed E-state index contributed by atoms with van der Waals surface area (Å²) in [6.07, 6.45) is 4.22. The van der Waals surface area contributed by atoms with Crippen molar-refractivity contribution in [3.05, 3.63) is 71.1 Å². The third-order valence-corrected chi connectivity index (χ3v) is 4.77. The molecule has 1 aliphatic heterocycles. The molecule has 0 aliphatic carbocycles. The van der Waals surface area contributed by atoms with E-state index in [0.29, 0.717) is 38.1 Å². The van der Waals surface area contributed by atoms with Gasteiger partial charge in [-0.2, -0.15) is 0 Å². The maximum Gasteiger partial charge on any atom is 0.334 e. The summed E-state index contributed by atoms with van der Waals surface area (Å²) < 4.78 is 5.26. The largest absolute Gasteiger partial charge is 0.463 e. The molecule has 0 saturated heterocycles. The number of hydrogen-bond donors (Lipinski definition) is 0. The summed E-state index contributed by atoms with van der Waals surface area (Å²) in [4.78, 5) is 31.1. The number of carbonyl (C=O) groups excluding carboxylic acids is 2.